The van der Waals surface area contributed by atoms with Crippen LogP contribution in [0, 0.1) is 6.92 Å². The van der Waals surface area contributed by atoms with Crippen molar-refractivity contribution in [1.82, 2.24) is 4.90 Å². The van der Waals surface area contributed by atoms with E-state index in [4.69, 9.17) is 4.18 Å². The topological polar surface area (TPSA) is 46.6 Å². The largest absolute Gasteiger partial charge is 0.379 e. The molecule has 0 saturated heterocycles. The van der Waals surface area contributed by atoms with Gasteiger partial charge in [0.1, 0.15) is 10.6 Å². The average molecular weight is 388 g/mol. The van der Waals surface area contributed by atoms with Crippen LogP contribution in [-0.4, -0.2) is 32.4 Å². The molecular formula is C22H29NO3S. The first-order chi connectivity index (χ1) is 12.9. The molecule has 1 unspecified atom stereocenters. The molecule has 0 spiro atoms. The maximum absolute atomic E-state index is 12.5. The maximum atomic E-state index is 12.5. The lowest BCUT2D eigenvalue weighted by atomic mass is 10.1. The van der Waals surface area contributed by atoms with Crippen molar-refractivity contribution in [2.24, 2.45) is 0 Å². The Morgan fingerprint density at radius 2 is 1.59 bits per heavy atom. The summed E-state index contributed by atoms with van der Waals surface area (Å²) in [5, 5.41) is 0. The average Bonchev–Trinajstić information content (AvgIpc) is 3.05. The summed E-state index contributed by atoms with van der Waals surface area (Å²) >= 11 is 0. The molecule has 4 nitrogen and oxygen atoms in total. The molecule has 0 fully saturated rings. The monoisotopic (exact) mass is 387 g/mol. The lowest BCUT2D eigenvalue weighted by Crippen LogP contribution is -2.37. The van der Waals surface area contributed by atoms with E-state index in [-0.39, 0.29) is 4.90 Å². The van der Waals surface area contributed by atoms with Gasteiger partial charge in [0.05, 0.1) is 0 Å². The van der Waals surface area contributed by atoms with Gasteiger partial charge in [-0.05, 0) is 81.1 Å². The van der Waals surface area contributed by atoms with Gasteiger partial charge in [-0.3, -0.25) is 4.90 Å². The van der Waals surface area contributed by atoms with Crippen LogP contribution in [0.4, 0.5) is 0 Å². The zero-order valence-electron chi connectivity index (χ0n) is 16.4. The standard InChI is InChI=1S/C22H29NO3S/c1-4-12-23(13-5-2)20-14-18-8-9-21(16-19(18)15-20)26-27(24,25)22-10-6-17(3)7-11-22/h6-11,16,20H,4-5,12-15H2,1-3H3. The quantitative estimate of drug-likeness (QED) is 0.632. The molecular weight excluding hydrogens is 358 g/mol. The summed E-state index contributed by atoms with van der Waals surface area (Å²) in [6, 6.07) is 12.9. The predicted octanol–water partition coefficient (Wildman–Crippen LogP) is 4.35. The fraction of sp³-hybridized carbons (Fsp3) is 0.455. The van der Waals surface area contributed by atoms with Gasteiger partial charge in [0.25, 0.3) is 0 Å². The number of fused-ring (bicyclic) bond motifs is 1. The van der Waals surface area contributed by atoms with Crippen LogP contribution in [0.5, 0.6) is 5.75 Å². The lowest BCUT2D eigenvalue weighted by molar-refractivity contribution is 0.202. The van der Waals surface area contributed by atoms with E-state index in [1.165, 1.54) is 11.1 Å². The van der Waals surface area contributed by atoms with E-state index in [0.717, 1.165) is 44.3 Å². The molecule has 0 N–H and O–H groups in total. The molecule has 5 heteroatoms. The number of hydrogen-bond donors (Lipinski definition) is 0. The molecule has 146 valence electrons. The summed E-state index contributed by atoms with van der Waals surface area (Å²) in [6.45, 7) is 8.57. The summed E-state index contributed by atoms with van der Waals surface area (Å²) in [5.74, 6) is 0.396. The molecule has 0 aliphatic heterocycles. The third-order valence-electron chi connectivity index (χ3n) is 5.14. The number of benzene rings is 2. The van der Waals surface area contributed by atoms with E-state index >= 15 is 0 Å². The van der Waals surface area contributed by atoms with E-state index in [1.807, 2.05) is 19.1 Å². The highest BCUT2D eigenvalue weighted by Gasteiger charge is 2.27. The second-order valence-electron chi connectivity index (χ2n) is 7.38. The van der Waals surface area contributed by atoms with Crippen molar-refractivity contribution in [2.45, 2.75) is 57.4 Å². The first kappa shape index (κ1) is 19.9. The molecule has 0 saturated carbocycles. The van der Waals surface area contributed by atoms with E-state index in [2.05, 4.69) is 18.7 Å². The van der Waals surface area contributed by atoms with Crippen LogP contribution in [0.1, 0.15) is 43.4 Å². The summed E-state index contributed by atoms with van der Waals surface area (Å²) in [5.41, 5.74) is 3.52. The molecule has 0 heterocycles. The number of aryl methyl sites for hydroxylation is 1. The first-order valence-electron chi connectivity index (χ1n) is 9.80. The Morgan fingerprint density at radius 1 is 0.963 bits per heavy atom. The molecule has 3 rings (SSSR count). The first-order valence-corrected chi connectivity index (χ1v) is 11.2. The highest BCUT2D eigenvalue weighted by Crippen LogP contribution is 2.30. The fourth-order valence-electron chi connectivity index (χ4n) is 3.81. The van der Waals surface area contributed by atoms with Crippen LogP contribution < -0.4 is 4.18 Å². The Hall–Kier alpha value is -1.85. The van der Waals surface area contributed by atoms with E-state index in [1.54, 1.807) is 30.3 Å². The fourth-order valence-corrected chi connectivity index (χ4v) is 4.74. The number of rotatable bonds is 8. The molecule has 27 heavy (non-hydrogen) atoms. The van der Waals surface area contributed by atoms with Gasteiger partial charge in [0, 0.05) is 6.04 Å². The molecule has 0 amide bonds. The van der Waals surface area contributed by atoms with Gasteiger partial charge in [0.2, 0.25) is 0 Å². The minimum atomic E-state index is -3.81. The number of hydrogen-bond acceptors (Lipinski definition) is 4. The van der Waals surface area contributed by atoms with Crippen molar-refractivity contribution in [2.75, 3.05) is 13.1 Å². The van der Waals surface area contributed by atoms with Gasteiger partial charge in [-0.15, -0.1) is 0 Å². The molecule has 1 aliphatic rings. The van der Waals surface area contributed by atoms with Crippen LogP contribution >= 0.6 is 0 Å². The molecule has 0 bridgehead atoms. The van der Waals surface area contributed by atoms with Crippen LogP contribution in [-0.2, 0) is 23.0 Å². The molecule has 2 aromatic rings. The Bertz CT molecular complexity index is 869. The third-order valence-corrected chi connectivity index (χ3v) is 6.40. The summed E-state index contributed by atoms with van der Waals surface area (Å²) in [4.78, 5) is 2.74. The van der Waals surface area contributed by atoms with Crippen LogP contribution in [0.25, 0.3) is 0 Å². The van der Waals surface area contributed by atoms with Gasteiger partial charge in [0.15, 0.2) is 0 Å². The predicted molar refractivity (Wildman–Crippen MR) is 109 cm³/mol. The number of nitrogens with zero attached hydrogens (tertiary/aromatic N) is 1. The minimum absolute atomic E-state index is 0.184. The zero-order chi connectivity index (χ0) is 19.4. The maximum Gasteiger partial charge on any atom is 0.339 e. The lowest BCUT2D eigenvalue weighted by Gasteiger charge is -2.27. The molecule has 2 aromatic carbocycles. The van der Waals surface area contributed by atoms with E-state index in [0.29, 0.717) is 11.8 Å². The van der Waals surface area contributed by atoms with Crippen molar-refractivity contribution in [3.63, 3.8) is 0 Å². The summed E-state index contributed by atoms with van der Waals surface area (Å²) in [7, 11) is -3.81. The Morgan fingerprint density at radius 3 is 2.22 bits per heavy atom. The highest BCUT2D eigenvalue weighted by atomic mass is 32.2. The normalized spacial score (nSPS) is 16.5. The van der Waals surface area contributed by atoms with Crippen LogP contribution in [0.2, 0.25) is 0 Å². The van der Waals surface area contributed by atoms with Crippen LogP contribution in [0.3, 0.4) is 0 Å². The van der Waals surface area contributed by atoms with Gasteiger partial charge in [-0.25, -0.2) is 0 Å². The smallest absolute Gasteiger partial charge is 0.339 e. The van der Waals surface area contributed by atoms with Crippen LogP contribution in [0.15, 0.2) is 47.4 Å². The SMILES string of the molecule is CCCN(CCC)C1Cc2ccc(OS(=O)(=O)c3ccc(C)cc3)cc2C1. The van der Waals surface area contributed by atoms with E-state index < -0.39 is 10.1 Å². The van der Waals surface area contributed by atoms with Gasteiger partial charge in [-0.2, -0.15) is 8.42 Å². The highest BCUT2D eigenvalue weighted by molar-refractivity contribution is 7.87. The molecule has 0 radical (unpaired) electrons. The zero-order valence-corrected chi connectivity index (χ0v) is 17.3. The Balaban J connectivity index is 1.75. The van der Waals surface area contributed by atoms with Crippen molar-refractivity contribution < 1.29 is 12.6 Å². The minimum Gasteiger partial charge on any atom is -0.379 e. The van der Waals surface area contributed by atoms with Gasteiger partial charge >= 0.3 is 10.1 Å². The molecule has 1 aliphatic carbocycles. The van der Waals surface area contributed by atoms with Gasteiger partial charge < -0.3 is 4.18 Å². The van der Waals surface area contributed by atoms with Crippen molar-refractivity contribution in [3.8, 4) is 5.75 Å². The molecule has 1 atom stereocenters. The second kappa shape index (κ2) is 8.44. The Labute approximate surface area is 163 Å². The summed E-state index contributed by atoms with van der Waals surface area (Å²) in [6.07, 6.45) is 4.28. The van der Waals surface area contributed by atoms with E-state index in [9.17, 15) is 8.42 Å². The van der Waals surface area contributed by atoms with Crippen molar-refractivity contribution >= 4 is 10.1 Å². The molecule has 0 aromatic heterocycles. The third kappa shape index (κ3) is 4.71. The van der Waals surface area contributed by atoms with Crippen molar-refractivity contribution in [1.29, 1.82) is 0 Å². The van der Waals surface area contributed by atoms with Gasteiger partial charge in [-0.1, -0.05) is 37.6 Å². The van der Waals surface area contributed by atoms with Crippen molar-refractivity contribution in [3.05, 3.63) is 59.2 Å². The second-order valence-corrected chi connectivity index (χ2v) is 8.93. The Kier molecular flexibility index (Phi) is 6.22. The summed E-state index contributed by atoms with van der Waals surface area (Å²) < 4.78 is 30.5.